The molecule has 21 heavy (non-hydrogen) atoms. The second-order valence-electron chi connectivity index (χ2n) is 5.79. The highest BCUT2D eigenvalue weighted by molar-refractivity contribution is 7.89. The van der Waals surface area contributed by atoms with Crippen LogP contribution in [0.5, 0.6) is 0 Å². The minimum Gasteiger partial charge on any atom is -0.395 e. The van der Waals surface area contributed by atoms with Gasteiger partial charge in [-0.2, -0.15) is 0 Å². The number of aliphatic hydroxyl groups excluding tert-OH is 1. The molecular weight excluding hydrogens is 293 g/mol. The van der Waals surface area contributed by atoms with Gasteiger partial charge in [-0.15, -0.1) is 0 Å². The third kappa shape index (κ3) is 3.82. The van der Waals surface area contributed by atoms with Crippen LogP contribution in [0.1, 0.15) is 32.3 Å². The van der Waals surface area contributed by atoms with Gasteiger partial charge in [0, 0.05) is 18.0 Å². The Labute approximate surface area is 124 Å². The highest BCUT2D eigenvalue weighted by atomic mass is 32.2. The van der Waals surface area contributed by atoms with Crippen LogP contribution in [0.4, 0.5) is 4.39 Å². The van der Waals surface area contributed by atoms with Gasteiger partial charge in [-0.05, 0) is 30.0 Å². The van der Waals surface area contributed by atoms with Crippen LogP contribution in [0.3, 0.4) is 0 Å². The lowest BCUT2D eigenvalue weighted by Gasteiger charge is -2.09. The number of nitrogens with one attached hydrogen (secondary N) is 1. The molecule has 0 bridgehead atoms. The predicted octanol–water partition coefficient (Wildman–Crippen LogP) is 1.64. The van der Waals surface area contributed by atoms with Gasteiger partial charge in [0.2, 0.25) is 10.0 Å². The van der Waals surface area contributed by atoms with Crippen molar-refractivity contribution in [3.8, 4) is 11.8 Å². The summed E-state index contributed by atoms with van der Waals surface area (Å²) in [4.78, 5) is -0.363. The topological polar surface area (TPSA) is 66.4 Å². The third-order valence-electron chi connectivity index (χ3n) is 3.50. The lowest BCUT2D eigenvalue weighted by molar-refractivity contribution is 0.305. The summed E-state index contributed by atoms with van der Waals surface area (Å²) in [5.74, 6) is 4.50. The van der Waals surface area contributed by atoms with Crippen molar-refractivity contribution in [1.82, 2.24) is 4.72 Å². The van der Waals surface area contributed by atoms with E-state index in [0.29, 0.717) is 12.0 Å². The van der Waals surface area contributed by atoms with Crippen molar-refractivity contribution in [3.05, 3.63) is 29.6 Å². The fourth-order valence-corrected chi connectivity index (χ4v) is 3.40. The van der Waals surface area contributed by atoms with E-state index >= 15 is 0 Å². The number of benzene rings is 1. The maximum Gasteiger partial charge on any atom is 0.243 e. The van der Waals surface area contributed by atoms with Gasteiger partial charge in [0.1, 0.15) is 10.7 Å². The summed E-state index contributed by atoms with van der Waals surface area (Å²) < 4.78 is 40.8. The van der Waals surface area contributed by atoms with Crippen LogP contribution in [-0.2, 0) is 10.0 Å². The molecule has 1 atom stereocenters. The van der Waals surface area contributed by atoms with Crippen LogP contribution in [0.15, 0.2) is 23.1 Å². The number of hydrogen-bond donors (Lipinski definition) is 2. The highest BCUT2D eigenvalue weighted by Gasteiger charge is 2.48. The Bertz CT molecular complexity index is 701. The second-order valence-corrected chi connectivity index (χ2v) is 7.47. The minimum absolute atomic E-state index is 0.0664. The number of hydrogen-bond acceptors (Lipinski definition) is 3. The number of aliphatic hydroxyl groups is 1. The molecule has 2 N–H and O–H groups in total. The largest absolute Gasteiger partial charge is 0.395 e. The molecule has 6 heteroatoms. The molecule has 0 saturated heterocycles. The molecule has 1 aliphatic rings. The maximum atomic E-state index is 14.0. The molecule has 4 nitrogen and oxygen atoms in total. The van der Waals surface area contributed by atoms with Gasteiger partial charge in [0.15, 0.2) is 0 Å². The average Bonchev–Trinajstić information content (AvgIpc) is 2.95. The quantitative estimate of drug-likeness (QED) is 0.831. The summed E-state index contributed by atoms with van der Waals surface area (Å²) in [6.07, 6.45) is 1.04. The molecule has 0 radical (unpaired) electrons. The van der Waals surface area contributed by atoms with E-state index in [0.717, 1.165) is 12.5 Å². The van der Waals surface area contributed by atoms with E-state index in [1.807, 2.05) is 13.8 Å². The molecule has 1 unspecified atom stereocenters. The van der Waals surface area contributed by atoms with Crippen LogP contribution in [0.25, 0.3) is 0 Å². The van der Waals surface area contributed by atoms with Crippen molar-refractivity contribution < 1.29 is 17.9 Å². The van der Waals surface area contributed by atoms with Gasteiger partial charge in [-0.3, -0.25) is 0 Å². The molecule has 0 aromatic heterocycles. The van der Waals surface area contributed by atoms with Crippen molar-refractivity contribution in [2.24, 2.45) is 5.41 Å². The Morgan fingerprint density at radius 3 is 2.67 bits per heavy atom. The zero-order valence-corrected chi connectivity index (χ0v) is 12.8. The standard InChI is InChI=1S/C15H18FNO3S/c1-15(2)10-14(15)17-21(19,20)13-7-6-11(9-12(13)16)5-3-4-8-18/h6-7,9,14,17-18H,4,8,10H2,1-2H3. The fraction of sp³-hybridized carbons (Fsp3) is 0.467. The lowest BCUT2D eigenvalue weighted by atomic mass is 10.2. The van der Waals surface area contributed by atoms with Crippen LogP contribution < -0.4 is 4.72 Å². The fourth-order valence-electron chi connectivity index (χ4n) is 1.94. The molecule has 114 valence electrons. The molecule has 0 spiro atoms. The van der Waals surface area contributed by atoms with E-state index in [4.69, 9.17) is 5.11 Å². The van der Waals surface area contributed by atoms with Crippen molar-refractivity contribution in [2.75, 3.05) is 6.61 Å². The van der Waals surface area contributed by atoms with Gasteiger partial charge >= 0.3 is 0 Å². The first kappa shape index (κ1) is 16.0. The van der Waals surface area contributed by atoms with Crippen LogP contribution >= 0.6 is 0 Å². The zero-order chi connectivity index (χ0) is 15.7. The Hall–Kier alpha value is -1.42. The maximum absolute atomic E-state index is 14.0. The van der Waals surface area contributed by atoms with E-state index in [1.54, 1.807) is 0 Å². The van der Waals surface area contributed by atoms with E-state index in [9.17, 15) is 12.8 Å². The Kier molecular flexibility index (Phi) is 4.38. The van der Waals surface area contributed by atoms with Crippen molar-refractivity contribution >= 4 is 10.0 Å². The minimum atomic E-state index is -3.85. The summed E-state index contributed by atoms with van der Waals surface area (Å²) >= 11 is 0. The summed E-state index contributed by atoms with van der Waals surface area (Å²) in [6, 6.07) is 3.62. The lowest BCUT2D eigenvalue weighted by Crippen LogP contribution is -2.29. The summed E-state index contributed by atoms with van der Waals surface area (Å²) in [7, 11) is -3.85. The zero-order valence-electron chi connectivity index (χ0n) is 12.0. The molecule has 1 aliphatic carbocycles. The first-order chi connectivity index (χ1) is 9.76. The normalized spacial score (nSPS) is 19.7. The predicted molar refractivity (Wildman–Crippen MR) is 77.5 cm³/mol. The van der Waals surface area contributed by atoms with Gasteiger partial charge < -0.3 is 5.11 Å². The monoisotopic (exact) mass is 311 g/mol. The Morgan fingerprint density at radius 1 is 1.48 bits per heavy atom. The van der Waals surface area contributed by atoms with Crippen molar-refractivity contribution in [3.63, 3.8) is 0 Å². The highest BCUT2D eigenvalue weighted by Crippen LogP contribution is 2.45. The molecule has 0 heterocycles. The molecule has 0 amide bonds. The summed E-state index contributed by atoms with van der Waals surface area (Å²) in [5, 5.41) is 8.62. The van der Waals surface area contributed by atoms with E-state index in [2.05, 4.69) is 16.6 Å². The first-order valence-electron chi connectivity index (χ1n) is 6.68. The number of rotatable bonds is 4. The SMILES string of the molecule is CC1(C)CC1NS(=O)(=O)c1ccc(C#CCCO)cc1F. The molecule has 2 rings (SSSR count). The van der Waals surface area contributed by atoms with Crippen LogP contribution in [0, 0.1) is 23.1 Å². The van der Waals surface area contributed by atoms with E-state index < -0.39 is 15.8 Å². The Balaban J connectivity index is 2.19. The molecule has 1 saturated carbocycles. The molecule has 1 fully saturated rings. The number of halogens is 1. The first-order valence-corrected chi connectivity index (χ1v) is 8.16. The summed E-state index contributed by atoms with van der Waals surface area (Å²) in [5.41, 5.74) is 0.311. The van der Waals surface area contributed by atoms with Crippen molar-refractivity contribution in [1.29, 1.82) is 0 Å². The van der Waals surface area contributed by atoms with Crippen molar-refractivity contribution in [2.45, 2.75) is 37.6 Å². The summed E-state index contributed by atoms with van der Waals surface area (Å²) in [6.45, 7) is 3.84. The van der Waals surface area contributed by atoms with Gasteiger partial charge in [0.05, 0.1) is 6.61 Å². The van der Waals surface area contributed by atoms with Crippen LogP contribution in [0.2, 0.25) is 0 Å². The average molecular weight is 311 g/mol. The van der Waals surface area contributed by atoms with Gasteiger partial charge in [-0.25, -0.2) is 17.5 Å². The molecule has 1 aromatic carbocycles. The third-order valence-corrected chi connectivity index (χ3v) is 5.01. The molecule has 0 aliphatic heterocycles. The smallest absolute Gasteiger partial charge is 0.243 e. The molecule has 1 aromatic rings. The molecular formula is C15H18FNO3S. The number of sulfonamides is 1. The second kappa shape index (κ2) is 5.76. The Morgan fingerprint density at radius 2 is 2.14 bits per heavy atom. The van der Waals surface area contributed by atoms with Crippen LogP contribution in [-0.4, -0.2) is 26.2 Å². The van der Waals surface area contributed by atoms with Gasteiger partial charge in [-0.1, -0.05) is 25.7 Å². The van der Waals surface area contributed by atoms with E-state index in [1.165, 1.54) is 12.1 Å². The van der Waals surface area contributed by atoms with E-state index in [-0.39, 0.29) is 23.0 Å². The van der Waals surface area contributed by atoms with Gasteiger partial charge in [0.25, 0.3) is 0 Å².